The van der Waals surface area contributed by atoms with Gasteiger partial charge in [0.05, 0.1) is 6.10 Å². The van der Waals surface area contributed by atoms with Gasteiger partial charge in [0.15, 0.2) is 0 Å². The quantitative estimate of drug-likeness (QED) is 0.729. The van der Waals surface area contributed by atoms with Crippen LogP contribution in [0, 0.1) is 6.92 Å². The average molecular weight is 195 g/mol. The molecule has 1 N–H and O–H groups in total. The Balaban J connectivity index is 2.47. The van der Waals surface area contributed by atoms with Crippen molar-refractivity contribution in [1.29, 1.82) is 0 Å². The fourth-order valence-electron chi connectivity index (χ4n) is 1.27. The van der Waals surface area contributed by atoms with Gasteiger partial charge in [-0.1, -0.05) is 6.07 Å². The lowest BCUT2D eigenvalue weighted by atomic mass is 10.1. The van der Waals surface area contributed by atoms with Crippen LogP contribution in [0.15, 0.2) is 18.5 Å². The third-order valence-electron chi connectivity index (χ3n) is 2.02. The van der Waals surface area contributed by atoms with Gasteiger partial charge in [0.1, 0.15) is 0 Å². The summed E-state index contributed by atoms with van der Waals surface area (Å²) in [6, 6.07) is 1.95. The molecule has 3 heteroatoms. The monoisotopic (exact) mass is 195 g/mol. The van der Waals surface area contributed by atoms with Crippen molar-refractivity contribution in [2.75, 3.05) is 13.2 Å². The lowest BCUT2D eigenvalue weighted by Gasteiger charge is -2.10. The van der Waals surface area contributed by atoms with Crippen molar-refractivity contribution in [2.24, 2.45) is 0 Å². The van der Waals surface area contributed by atoms with Crippen molar-refractivity contribution in [1.82, 2.24) is 4.98 Å². The molecule has 0 aliphatic carbocycles. The molecular formula is C11H17NO2. The molecule has 0 radical (unpaired) electrons. The van der Waals surface area contributed by atoms with Crippen LogP contribution in [-0.2, 0) is 4.74 Å². The van der Waals surface area contributed by atoms with E-state index in [4.69, 9.17) is 4.74 Å². The van der Waals surface area contributed by atoms with Crippen LogP contribution in [0.1, 0.15) is 30.6 Å². The second kappa shape index (κ2) is 5.73. The van der Waals surface area contributed by atoms with Crippen LogP contribution in [0.4, 0.5) is 0 Å². The Morgan fingerprint density at radius 2 is 2.29 bits per heavy atom. The van der Waals surface area contributed by atoms with Crippen LogP contribution >= 0.6 is 0 Å². The summed E-state index contributed by atoms with van der Waals surface area (Å²) in [6.07, 6.45) is 3.63. The minimum Gasteiger partial charge on any atom is -0.388 e. The standard InChI is InChI=1S/C11H17NO2/c1-3-14-5-4-11(13)10-6-9(2)7-12-8-10/h6-8,11,13H,3-5H2,1-2H3. The molecule has 0 aromatic carbocycles. The van der Waals surface area contributed by atoms with E-state index in [1.54, 1.807) is 12.4 Å². The van der Waals surface area contributed by atoms with Crippen LogP contribution in [0.25, 0.3) is 0 Å². The molecule has 1 aromatic rings. The molecule has 1 heterocycles. The molecule has 0 bridgehead atoms. The smallest absolute Gasteiger partial charge is 0.0826 e. The van der Waals surface area contributed by atoms with Gasteiger partial charge in [-0.05, 0) is 25.0 Å². The highest BCUT2D eigenvalue weighted by molar-refractivity contribution is 5.18. The Morgan fingerprint density at radius 1 is 1.50 bits per heavy atom. The van der Waals surface area contributed by atoms with Crippen molar-refractivity contribution >= 4 is 0 Å². The normalized spacial score (nSPS) is 12.8. The molecule has 78 valence electrons. The lowest BCUT2D eigenvalue weighted by molar-refractivity contribution is 0.0884. The van der Waals surface area contributed by atoms with Crippen molar-refractivity contribution in [3.8, 4) is 0 Å². The average Bonchev–Trinajstić information content (AvgIpc) is 2.18. The second-order valence-corrected chi connectivity index (χ2v) is 3.30. The molecule has 0 saturated heterocycles. The van der Waals surface area contributed by atoms with E-state index < -0.39 is 6.10 Å². The van der Waals surface area contributed by atoms with Gasteiger partial charge in [-0.3, -0.25) is 4.98 Å². The molecule has 0 saturated carbocycles. The summed E-state index contributed by atoms with van der Waals surface area (Å²) in [5.74, 6) is 0. The largest absolute Gasteiger partial charge is 0.388 e. The second-order valence-electron chi connectivity index (χ2n) is 3.30. The highest BCUT2D eigenvalue weighted by Crippen LogP contribution is 2.16. The predicted octanol–water partition coefficient (Wildman–Crippen LogP) is 1.85. The van der Waals surface area contributed by atoms with Gasteiger partial charge >= 0.3 is 0 Å². The molecule has 0 aliphatic rings. The summed E-state index contributed by atoms with van der Waals surface area (Å²) < 4.78 is 5.18. The first kappa shape index (κ1) is 11.1. The van der Waals surface area contributed by atoms with E-state index in [0.29, 0.717) is 19.6 Å². The number of pyridine rings is 1. The number of ether oxygens (including phenoxy) is 1. The molecule has 1 unspecified atom stereocenters. The zero-order valence-corrected chi connectivity index (χ0v) is 8.73. The Bertz CT molecular complexity index is 276. The van der Waals surface area contributed by atoms with Gasteiger partial charge < -0.3 is 9.84 Å². The van der Waals surface area contributed by atoms with Crippen molar-refractivity contribution < 1.29 is 9.84 Å². The molecule has 0 aliphatic heterocycles. The SMILES string of the molecule is CCOCCC(O)c1cncc(C)c1. The Labute approximate surface area is 84.7 Å². The summed E-state index contributed by atoms with van der Waals surface area (Å²) in [4.78, 5) is 4.03. The number of aromatic nitrogens is 1. The van der Waals surface area contributed by atoms with Gasteiger partial charge in [0.25, 0.3) is 0 Å². The van der Waals surface area contributed by atoms with Crippen molar-refractivity contribution in [3.05, 3.63) is 29.6 Å². The third kappa shape index (κ3) is 3.44. The molecular weight excluding hydrogens is 178 g/mol. The van der Waals surface area contributed by atoms with E-state index in [1.807, 2.05) is 19.9 Å². The van der Waals surface area contributed by atoms with Crippen LogP contribution in [-0.4, -0.2) is 23.3 Å². The summed E-state index contributed by atoms with van der Waals surface area (Å²) in [7, 11) is 0. The molecule has 0 fully saturated rings. The van der Waals surface area contributed by atoms with Crippen LogP contribution in [0.3, 0.4) is 0 Å². The van der Waals surface area contributed by atoms with Crippen LogP contribution < -0.4 is 0 Å². The Morgan fingerprint density at radius 3 is 2.93 bits per heavy atom. The fraction of sp³-hybridized carbons (Fsp3) is 0.545. The molecule has 0 spiro atoms. The van der Waals surface area contributed by atoms with E-state index in [2.05, 4.69) is 4.98 Å². The number of hydrogen-bond acceptors (Lipinski definition) is 3. The minimum atomic E-state index is -0.464. The maximum absolute atomic E-state index is 9.75. The predicted molar refractivity (Wildman–Crippen MR) is 55.0 cm³/mol. The summed E-state index contributed by atoms with van der Waals surface area (Å²) >= 11 is 0. The van der Waals surface area contributed by atoms with E-state index in [-0.39, 0.29) is 0 Å². The van der Waals surface area contributed by atoms with E-state index >= 15 is 0 Å². The Kier molecular flexibility index (Phi) is 4.56. The first-order valence-electron chi connectivity index (χ1n) is 4.91. The van der Waals surface area contributed by atoms with Gasteiger partial charge in [0.2, 0.25) is 0 Å². The Hall–Kier alpha value is -0.930. The van der Waals surface area contributed by atoms with Crippen LogP contribution in [0.2, 0.25) is 0 Å². The maximum Gasteiger partial charge on any atom is 0.0826 e. The van der Waals surface area contributed by atoms with E-state index in [0.717, 1.165) is 11.1 Å². The van der Waals surface area contributed by atoms with Gasteiger partial charge in [0, 0.05) is 32.0 Å². The fourth-order valence-corrected chi connectivity index (χ4v) is 1.27. The first-order chi connectivity index (χ1) is 6.74. The number of nitrogens with zero attached hydrogens (tertiary/aromatic N) is 1. The summed E-state index contributed by atoms with van der Waals surface area (Å²) in [5.41, 5.74) is 1.93. The number of aryl methyl sites for hydroxylation is 1. The number of hydrogen-bond donors (Lipinski definition) is 1. The number of rotatable bonds is 5. The van der Waals surface area contributed by atoms with Crippen molar-refractivity contribution in [2.45, 2.75) is 26.4 Å². The lowest BCUT2D eigenvalue weighted by Crippen LogP contribution is -2.03. The first-order valence-corrected chi connectivity index (χ1v) is 4.91. The van der Waals surface area contributed by atoms with Gasteiger partial charge in [-0.15, -0.1) is 0 Å². The molecule has 1 aromatic heterocycles. The van der Waals surface area contributed by atoms with E-state index in [1.165, 1.54) is 0 Å². The topological polar surface area (TPSA) is 42.4 Å². The van der Waals surface area contributed by atoms with Gasteiger partial charge in [-0.25, -0.2) is 0 Å². The highest BCUT2D eigenvalue weighted by Gasteiger charge is 2.07. The number of aliphatic hydroxyl groups excluding tert-OH is 1. The van der Waals surface area contributed by atoms with Crippen LogP contribution in [0.5, 0.6) is 0 Å². The molecule has 14 heavy (non-hydrogen) atoms. The molecule has 1 atom stereocenters. The number of aliphatic hydroxyl groups is 1. The zero-order chi connectivity index (χ0) is 10.4. The third-order valence-corrected chi connectivity index (χ3v) is 2.02. The van der Waals surface area contributed by atoms with E-state index in [9.17, 15) is 5.11 Å². The van der Waals surface area contributed by atoms with Gasteiger partial charge in [-0.2, -0.15) is 0 Å². The minimum absolute atomic E-state index is 0.464. The summed E-state index contributed by atoms with van der Waals surface area (Å²) in [6.45, 7) is 5.19. The molecule has 3 nitrogen and oxygen atoms in total. The summed E-state index contributed by atoms with van der Waals surface area (Å²) in [5, 5.41) is 9.75. The van der Waals surface area contributed by atoms with Crippen molar-refractivity contribution in [3.63, 3.8) is 0 Å². The molecule has 1 rings (SSSR count). The maximum atomic E-state index is 9.75. The highest BCUT2D eigenvalue weighted by atomic mass is 16.5. The molecule has 0 amide bonds. The zero-order valence-electron chi connectivity index (χ0n) is 8.73.